The van der Waals surface area contributed by atoms with Crippen LogP contribution in [0.15, 0.2) is 23.3 Å². The molecule has 12 heavy (non-hydrogen) atoms. The van der Waals surface area contributed by atoms with Crippen molar-refractivity contribution in [3.05, 3.63) is 23.3 Å². The van der Waals surface area contributed by atoms with Crippen molar-refractivity contribution < 1.29 is 4.79 Å². The number of hydrogen-bond donors (Lipinski definition) is 0. The van der Waals surface area contributed by atoms with E-state index in [-0.39, 0.29) is 5.92 Å². The second-order valence-corrected chi connectivity index (χ2v) is 3.87. The van der Waals surface area contributed by atoms with Crippen molar-refractivity contribution >= 4 is 5.78 Å². The lowest BCUT2D eigenvalue weighted by atomic mass is 9.82. The Kier molecular flexibility index (Phi) is 1.67. The van der Waals surface area contributed by atoms with Crippen LogP contribution >= 0.6 is 0 Å². The average Bonchev–Trinajstić information content (AvgIpc) is 2.41. The Bertz CT molecular complexity index is 283. The zero-order valence-electron chi connectivity index (χ0n) is 7.63. The molecule has 0 N–H and O–H groups in total. The summed E-state index contributed by atoms with van der Waals surface area (Å²) in [5.41, 5.74) is 2.58. The molecule has 0 aromatic heterocycles. The highest BCUT2D eigenvalue weighted by molar-refractivity contribution is 5.87. The van der Waals surface area contributed by atoms with Crippen molar-refractivity contribution in [1.82, 2.24) is 0 Å². The van der Waals surface area contributed by atoms with Gasteiger partial charge in [0.1, 0.15) is 5.78 Å². The maximum atomic E-state index is 11.5. The van der Waals surface area contributed by atoms with Gasteiger partial charge in [0, 0.05) is 12.3 Å². The quantitative estimate of drug-likeness (QED) is 0.535. The van der Waals surface area contributed by atoms with Gasteiger partial charge in [-0.2, -0.15) is 0 Å². The lowest BCUT2D eigenvalue weighted by Crippen LogP contribution is -2.17. The highest BCUT2D eigenvalue weighted by Crippen LogP contribution is 2.39. The molecule has 0 aromatic carbocycles. The first kappa shape index (κ1) is 7.78. The summed E-state index contributed by atoms with van der Waals surface area (Å²) in [6.07, 6.45) is 6.21. The molecule has 0 radical (unpaired) electrons. The van der Waals surface area contributed by atoms with Crippen LogP contribution in [0.4, 0.5) is 0 Å². The van der Waals surface area contributed by atoms with E-state index in [0.29, 0.717) is 11.7 Å². The summed E-state index contributed by atoms with van der Waals surface area (Å²) in [6, 6.07) is 0. The number of Topliss-reactive ketones (excluding diaryl/α,β-unsaturated/α-hetero) is 1. The first-order chi connectivity index (χ1) is 5.70. The lowest BCUT2D eigenvalue weighted by Gasteiger charge is -2.21. The molecule has 1 heteroatoms. The second-order valence-electron chi connectivity index (χ2n) is 3.87. The summed E-state index contributed by atoms with van der Waals surface area (Å²) in [4.78, 5) is 11.5. The Morgan fingerprint density at radius 2 is 2.17 bits per heavy atom. The van der Waals surface area contributed by atoms with Gasteiger partial charge >= 0.3 is 0 Å². The van der Waals surface area contributed by atoms with Crippen LogP contribution < -0.4 is 0 Å². The molecule has 0 aliphatic heterocycles. The smallest absolute Gasteiger partial charge is 0.140 e. The zero-order valence-corrected chi connectivity index (χ0v) is 7.63. The van der Waals surface area contributed by atoms with Crippen LogP contribution in [0.2, 0.25) is 0 Å². The third-order valence-electron chi connectivity index (χ3n) is 3.18. The SMILES string of the molecule is CC1=C(C)C2C(=O)CCC2C=C1. The van der Waals surface area contributed by atoms with E-state index in [4.69, 9.17) is 0 Å². The molecule has 2 unspecified atom stereocenters. The van der Waals surface area contributed by atoms with E-state index < -0.39 is 0 Å². The topological polar surface area (TPSA) is 17.1 Å². The Labute approximate surface area is 73.2 Å². The van der Waals surface area contributed by atoms with Crippen molar-refractivity contribution in [2.45, 2.75) is 26.7 Å². The third-order valence-corrected chi connectivity index (χ3v) is 3.18. The minimum Gasteiger partial charge on any atom is -0.299 e. The fraction of sp³-hybridized carbons (Fsp3) is 0.545. The zero-order chi connectivity index (χ0) is 8.72. The highest BCUT2D eigenvalue weighted by Gasteiger charge is 2.35. The first-order valence-corrected chi connectivity index (χ1v) is 4.58. The molecule has 0 bridgehead atoms. The Hall–Kier alpha value is -0.850. The number of fused-ring (bicyclic) bond motifs is 1. The summed E-state index contributed by atoms with van der Waals surface area (Å²) in [7, 11) is 0. The van der Waals surface area contributed by atoms with Crippen LogP contribution in [0, 0.1) is 11.8 Å². The van der Waals surface area contributed by atoms with Crippen molar-refractivity contribution in [3.63, 3.8) is 0 Å². The molecular formula is C11H14O. The maximum Gasteiger partial charge on any atom is 0.140 e. The van der Waals surface area contributed by atoms with Gasteiger partial charge < -0.3 is 0 Å². The van der Waals surface area contributed by atoms with Gasteiger partial charge in [-0.3, -0.25) is 4.79 Å². The summed E-state index contributed by atoms with van der Waals surface area (Å²) >= 11 is 0. The molecule has 0 amide bonds. The predicted molar refractivity (Wildman–Crippen MR) is 48.7 cm³/mol. The highest BCUT2D eigenvalue weighted by atomic mass is 16.1. The molecule has 0 saturated heterocycles. The van der Waals surface area contributed by atoms with E-state index in [1.807, 2.05) is 0 Å². The van der Waals surface area contributed by atoms with Crippen LogP contribution in [-0.4, -0.2) is 5.78 Å². The van der Waals surface area contributed by atoms with Crippen molar-refractivity contribution in [2.75, 3.05) is 0 Å². The van der Waals surface area contributed by atoms with E-state index >= 15 is 0 Å². The van der Waals surface area contributed by atoms with Crippen LogP contribution in [0.3, 0.4) is 0 Å². The van der Waals surface area contributed by atoms with Gasteiger partial charge in [-0.15, -0.1) is 0 Å². The number of carbonyl (C=O) groups is 1. The average molecular weight is 162 g/mol. The second kappa shape index (κ2) is 2.58. The number of rotatable bonds is 0. The largest absolute Gasteiger partial charge is 0.299 e. The van der Waals surface area contributed by atoms with E-state index in [9.17, 15) is 4.79 Å². The summed E-state index contributed by atoms with van der Waals surface area (Å²) < 4.78 is 0. The Balaban J connectivity index is 2.39. The predicted octanol–water partition coefficient (Wildman–Crippen LogP) is 2.49. The Morgan fingerprint density at radius 3 is 2.92 bits per heavy atom. The normalized spacial score (nSPS) is 34.3. The molecule has 0 aromatic rings. The molecule has 0 spiro atoms. The van der Waals surface area contributed by atoms with Gasteiger partial charge in [0.15, 0.2) is 0 Å². The Morgan fingerprint density at radius 1 is 1.42 bits per heavy atom. The monoisotopic (exact) mass is 162 g/mol. The molecule has 1 fully saturated rings. The van der Waals surface area contributed by atoms with Gasteiger partial charge in [-0.05, 0) is 26.2 Å². The maximum absolute atomic E-state index is 11.5. The number of hydrogen-bond acceptors (Lipinski definition) is 1. The van der Waals surface area contributed by atoms with Gasteiger partial charge in [0.05, 0.1) is 0 Å². The summed E-state index contributed by atoms with van der Waals surface area (Å²) in [6.45, 7) is 4.19. The molecule has 2 atom stereocenters. The van der Waals surface area contributed by atoms with Crippen molar-refractivity contribution in [3.8, 4) is 0 Å². The molecular weight excluding hydrogens is 148 g/mol. The summed E-state index contributed by atoms with van der Waals surface area (Å²) in [5, 5.41) is 0. The van der Waals surface area contributed by atoms with E-state index in [1.165, 1.54) is 11.1 Å². The minimum absolute atomic E-state index is 0.231. The van der Waals surface area contributed by atoms with Crippen LogP contribution in [-0.2, 0) is 4.79 Å². The molecule has 64 valence electrons. The van der Waals surface area contributed by atoms with E-state index in [2.05, 4.69) is 26.0 Å². The molecule has 2 aliphatic rings. The molecule has 1 saturated carbocycles. The van der Waals surface area contributed by atoms with Crippen molar-refractivity contribution in [1.29, 1.82) is 0 Å². The van der Waals surface area contributed by atoms with E-state index in [0.717, 1.165) is 12.8 Å². The van der Waals surface area contributed by atoms with Gasteiger partial charge in [-0.1, -0.05) is 23.3 Å². The fourth-order valence-electron chi connectivity index (χ4n) is 2.28. The van der Waals surface area contributed by atoms with Gasteiger partial charge in [-0.25, -0.2) is 0 Å². The lowest BCUT2D eigenvalue weighted by molar-refractivity contribution is -0.120. The fourth-order valence-corrected chi connectivity index (χ4v) is 2.28. The van der Waals surface area contributed by atoms with Crippen LogP contribution in [0.25, 0.3) is 0 Å². The van der Waals surface area contributed by atoms with Crippen LogP contribution in [0.5, 0.6) is 0 Å². The standard InChI is InChI=1S/C11H14O/c1-7-3-4-9-5-6-10(12)11(9)8(7)2/h3-4,9,11H,5-6H2,1-2H3. The minimum atomic E-state index is 0.231. The van der Waals surface area contributed by atoms with Crippen molar-refractivity contribution in [2.24, 2.45) is 11.8 Å². The molecule has 2 rings (SSSR count). The molecule has 1 nitrogen and oxygen atoms in total. The van der Waals surface area contributed by atoms with Gasteiger partial charge in [0.25, 0.3) is 0 Å². The molecule has 0 heterocycles. The number of carbonyl (C=O) groups excluding carboxylic acids is 1. The number of ketones is 1. The third kappa shape index (κ3) is 0.961. The summed E-state index contributed by atoms with van der Waals surface area (Å²) in [5.74, 6) is 1.19. The van der Waals surface area contributed by atoms with Crippen LogP contribution in [0.1, 0.15) is 26.7 Å². The number of allylic oxidation sites excluding steroid dienone is 4. The first-order valence-electron chi connectivity index (χ1n) is 4.58. The van der Waals surface area contributed by atoms with Gasteiger partial charge in [0.2, 0.25) is 0 Å². The molecule has 2 aliphatic carbocycles. The van der Waals surface area contributed by atoms with E-state index in [1.54, 1.807) is 0 Å².